The number of phenolic OH excluding ortho intramolecular Hbond substituents is 1. The number of anilines is 1. The Hall–Kier alpha value is -4.95. The Labute approximate surface area is 227 Å². The van der Waals surface area contributed by atoms with Gasteiger partial charge in [-0.05, 0) is 51.0 Å². The van der Waals surface area contributed by atoms with E-state index in [0.29, 0.717) is 11.3 Å². The number of aliphatic hydroxyl groups is 1. The highest BCUT2D eigenvalue weighted by Crippen LogP contribution is 2.14. The zero-order valence-electron chi connectivity index (χ0n) is 22.2. The zero-order chi connectivity index (χ0) is 30.4. The number of aromatic hydroxyl groups is 1. The molecule has 0 aromatic heterocycles. The minimum absolute atomic E-state index is 0.0280. The van der Waals surface area contributed by atoms with E-state index in [-0.39, 0.29) is 54.4 Å². The molecule has 0 fully saturated rings. The van der Waals surface area contributed by atoms with Gasteiger partial charge in [0.2, 0.25) is 0 Å². The first-order valence-electron chi connectivity index (χ1n) is 11.2. The Morgan fingerprint density at radius 2 is 1.59 bits per heavy atom. The third kappa shape index (κ3) is 18.9. The van der Waals surface area contributed by atoms with Crippen molar-refractivity contribution in [1.29, 1.82) is 5.26 Å². The number of benzene rings is 1. The molecule has 39 heavy (non-hydrogen) atoms. The smallest absolute Gasteiger partial charge is 0.333 e. The van der Waals surface area contributed by atoms with Crippen molar-refractivity contribution < 1.29 is 44.0 Å². The second kappa shape index (κ2) is 21.2. The van der Waals surface area contributed by atoms with Crippen LogP contribution in [0.5, 0.6) is 5.75 Å². The van der Waals surface area contributed by atoms with Crippen molar-refractivity contribution in [3.63, 3.8) is 0 Å². The highest BCUT2D eigenvalue weighted by Gasteiger charge is 2.06. The van der Waals surface area contributed by atoms with Gasteiger partial charge in [-0.15, -0.1) is 0 Å². The van der Waals surface area contributed by atoms with Gasteiger partial charge in [0, 0.05) is 34.1 Å². The van der Waals surface area contributed by atoms with Crippen LogP contribution in [0.15, 0.2) is 84.5 Å². The van der Waals surface area contributed by atoms with E-state index in [2.05, 4.69) is 34.5 Å². The lowest BCUT2D eigenvalue weighted by Gasteiger charge is -2.03. The number of rotatable bonds is 11. The lowest BCUT2D eigenvalue weighted by atomic mass is 10.1. The molecule has 1 aromatic rings. The van der Waals surface area contributed by atoms with Crippen LogP contribution in [0, 0.1) is 11.3 Å². The van der Waals surface area contributed by atoms with Crippen molar-refractivity contribution in [2.45, 2.75) is 26.7 Å². The summed E-state index contributed by atoms with van der Waals surface area (Å²) in [5.74, 6) is -2.11. The molecule has 0 aliphatic carbocycles. The molecule has 0 atom stereocenters. The highest BCUT2D eigenvalue weighted by molar-refractivity contribution is 6.02. The summed E-state index contributed by atoms with van der Waals surface area (Å²) < 4.78 is 8.97. The maximum absolute atomic E-state index is 11.1. The lowest BCUT2D eigenvalue weighted by Crippen LogP contribution is -2.11. The fraction of sp³-hybridized carbons (Fsp3) is 0.250. The molecule has 0 radical (unpaired) electrons. The molecule has 1 amide bonds. The van der Waals surface area contributed by atoms with E-state index in [4.69, 9.17) is 20.6 Å². The summed E-state index contributed by atoms with van der Waals surface area (Å²) in [5, 5.41) is 36.6. The van der Waals surface area contributed by atoms with Gasteiger partial charge in [-0.2, -0.15) is 5.26 Å². The number of carboxylic acid groups (broad SMARTS) is 1. The molecular weight excluding hydrogens is 508 g/mol. The third-order valence-corrected chi connectivity index (χ3v) is 4.15. The van der Waals surface area contributed by atoms with E-state index in [0.717, 1.165) is 0 Å². The summed E-state index contributed by atoms with van der Waals surface area (Å²) >= 11 is 0. The van der Waals surface area contributed by atoms with Crippen LogP contribution >= 0.6 is 0 Å². The van der Waals surface area contributed by atoms with Crippen molar-refractivity contribution >= 4 is 29.5 Å². The first-order valence-corrected chi connectivity index (χ1v) is 11.2. The number of nitrogens with zero attached hydrogens (tertiary/aromatic N) is 1. The first kappa shape index (κ1) is 36.2. The van der Waals surface area contributed by atoms with Gasteiger partial charge in [0.25, 0.3) is 5.91 Å². The number of allylic oxidation sites excluding steroid dienone is 3. The average molecular weight is 543 g/mol. The second-order valence-electron chi connectivity index (χ2n) is 7.47. The molecule has 11 nitrogen and oxygen atoms in total. The van der Waals surface area contributed by atoms with Crippen LogP contribution in [0.2, 0.25) is 0 Å². The number of hydrogen-bond donors (Lipinski definition) is 4. The summed E-state index contributed by atoms with van der Waals surface area (Å²) in [6.45, 7) is 13.3. The summed E-state index contributed by atoms with van der Waals surface area (Å²) in [6, 6.07) is 8.05. The van der Waals surface area contributed by atoms with Crippen LogP contribution in [0.1, 0.15) is 26.7 Å². The Bertz CT molecular complexity index is 1120. The van der Waals surface area contributed by atoms with Gasteiger partial charge in [-0.1, -0.05) is 31.9 Å². The van der Waals surface area contributed by atoms with Gasteiger partial charge in [0.1, 0.15) is 12.4 Å². The number of carbonyl (C=O) groups is 4. The number of hydrogen-bond acceptors (Lipinski definition) is 9. The zero-order valence-corrected chi connectivity index (χ0v) is 22.2. The third-order valence-electron chi connectivity index (χ3n) is 4.15. The van der Waals surface area contributed by atoms with Gasteiger partial charge < -0.3 is 30.1 Å². The van der Waals surface area contributed by atoms with E-state index < -0.39 is 17.9 Å². The monoisotopic (exact) mass is 542 g/mol. The van der Waals surface area contributed by atoms with Crippen molar-refractivity contribution in [1.82, 2.24) is 0 Å². The Kier molecular flexibility index (Phi) is 19.6. The molecule has 0 aliphatic heterocycles. The van der Waals surface area contributed by atoms with Crippen LogP contribution in [0.4, 0.5) is 5.69 Å². The molecule has 0 unspecified atom stereocenters. The SMILES string of the molecule is C=C(C)C(=O)Nc1ccc(O)cc1.C=C(CC=C(C)C(=O)O)C(=O)OC.C=C(CC=CC#N)C(=O)OCCO. The van der Waals surface area contributed by atoms with Crippen molar-refractivity contribution in [3.05, 3.63) is 84.5 Å². The number of esters is 2. The minimum atomic E-state index is -1.00. The predicted octanol–water partition coefficient (Wildman–Crippen LogP) is 3.59. The fourth-order valence-electron chi connectivity index (χ4n) is 1.95. The molecule has 0 saturated heterocycles. The molecule has 0 aliphatic rings. The lowest BCUT2D eigenvalue weighted by molar-refractivity contribution is -0.140. The van der Waals surface area contributed by atoms with Gasteiger partial charge in [-0.3, -0.25) is 4.79 Å². The fourth-order valence-corrected chi connectivity index (χ4v) is 1.95. The van der Waals surface area contributed by atoms with Gasteiger partial charge in [0.05, 0.1) is 19.8 Å². The number of phenols is 1. The van der Waals surface area contributed by atoms with Crippen LogP contribution in [0.25, 0.3) is 0 Å². The van der Waals surface area contributed by atoms with E-state index in [1.807, 2.05) is 0 Å². The van der Waals surface area contributed by atoms with E-state index >= 15 is 0 Å². The van der Waals surface area contributed by atoms with Crippen molar-refractivity contribution in [2.24, 2.45) is 0 Å². The van der Waals surface area contributed by atoms with E-state index in [9.17, 15) is 19.2 Å². The number of nitriles is 1. The first-order chi connectivity index (χ1) is 18.3. The second-order valence-corrected chi connectivity index (χ2v) is 7.47. The summed E-state index contributed by atoms with van der Waals surface area (Å²) in [7, 11) is 1.25. The molecule has 11 heteroatoms. The molecule has 4 N–H and O–H groups in total. The van der Waals surface area contributed by atoms with E-state index in [1.54, 1.807) is 25.1 Å². The van der Waals surface area contributed by atoms with Crippen LogP contribution in [-0.2, 0) is 28.7 Å². The standard InChI is InChI=1S/C10H11NO2.C9H11NO3.C9H12O4/c1-7(2)10(13)11-8-3-5-9(12)6-4-8;1-8(4-2-3-5-10)9(12)13-7-6-11;1-6(8(10)11)4-5-7(2)9(12)13-3/h3-6,12H,1H2,2H3,(H,11,13);2-3,11H,1,4,6-7H2;4H,2,5H2,1,3H3,(H,10,11). The normalized spacial score (nSPS) is 9.87. The van der Waals surface area contributed by atoms with E-state index in [1.165, 1.54) is 44.4 Å². The molecule has 1 aromatic carbocycles. The maximum atomic E-state index is 11.1. The Morgan fingerprint density at radius 1 is 1.03 bits per heavy atom. The minimum Gasteiger partial charge on any atom is -0.508 e. The summed E-state index contributed by atoms with van der Waals surface area (Å²) in [4.78, 5) is 43.2. The van der Waals surface area contributed by atoms with Crippen LogP contribution < -0.4 is 5.32 Å². The number of aliphatic carboxylic acids is 1. The Balaban J connectivity index is 0. The number of amides is 1. The molecule has 0 saturated carbocycles. The number of methoxy groups -OCH3 is 1. The predicted molar refractivity (Wildman–Crippen MR) is 145 cm³/mol. The quantitative estimate of drug-likeness (QED) is 0.139. The molecule has 210 valence electrons. The van der Waals surface area contributed by atoms with Gasteiger partial charge in [0.15, 0.2) is 0 Å². The number of nitrogens with one attached hydrogen (secondary N) is 1. The number of aliphatic hydroxyl groups excluding tert-OH is 1. The van der Waals surface area contributed by atoms with Gasteiger partial charge in [-0.25, -0.2) is 14.4 Å². The largest absolute Gasteiger partial charge is 0.508 e. The number of carboxylic acids is 1. The highest BCUT2D eigenvalue weighted by atomic mass is 16.5. The molecule has 0 heterocycles. The molecule has 1 rings (SSSR count). The Morgan fingerprint density at radius 3 is 2.05 bits per heavy atom. The summed E-state index contributed by atoms with van der Waals surface area (Å²) in [6.07, 6.45) is 4.69. The molecular formula is C28H34N2O9. The molecule has 0 spiro atoms. The topological polar surface area (TPSA) is 183 Å². The maximum Gasteiger partial charge on any atom is 0.333 e. The molecule has 0 bridgehead atoms. The van der Waals surface area contributed by atoms with Crippen molar-refractivity contribution in [3.8, 4) is 11.8 Å². The number of ether oxygens (including phenoxy) is 2. The van der Waals surface area contributed by atoms with Gasteiger partial charge >= 0.3 is 17.9 Å². The number of carbonyl (C=O) groups excluding carboxylic acids is 3. The average Bonchev–Trinajstić information content (AvgIpc) is 2.91. The summed E-state index contributed by atoms with van der Waals surface area (Å²) in [5.41, 5.74) is 1.78. The van der Waals surface area contributed by atoms with Crippen molar-refractivity contribution in [2.75, 3.05) is 25.6 Å². The van der Waals surface area contributed by atoms with Crippen LogP contribution in [0.3, 0.4) is 0 Å². The van der Waals surface area contributed by atoms with Crippen LogP contribution in [-0.4, -0.2) is 59.5 Å².